The first kappa shape index (κ1) is 22.1. The number of amides is 1. The Bertz CT molecular complexity index is 868. The van der Waals surface area contributed by atoms with Crippen LogP contribution in [0, 0.1) is 46.1 Å². The van der Waals surface area contributed by atoms with Crippen molar-refractivity contribution in [2.45, 2.75) is 25.3 Å². The molecule has 0 heterocycles. The zero-order chi connectivity index (χ0) is 21.2. The second kappa shape index (κ2) is 8.42. The Balaban J connectivity index is 2.10. The largest absolute Gasteiger partial charge is 0.351 e. The van der Waals surface area contributed by atoms with Crippen LogP contribution in [0.25, 0.3) is 0 Å². The molecule has 10 heteroatoms. The normalized spacial score (nSPS) is 11.6. The van der Waals surface area contributed by atoms with Gasteiger partial charge in [-0.3, -0.25) is 4.79 Å². The van der Waals surface area contributed by atoms with Gasteiger partial charge in [0.05, 0.1) is 10.3 Å². The van der Waals surface area contributed by atoms with Gasteiger partial charge in [-0.25, -0.2) is 30.7 Å². The molecule has 28 heavy (non-hydrogen) atoms. The molecule has 1 N–H and O–H groups in total. The molecule has 2 nitrogen and oxygen atoms in total. The minimum absolute atomic E-state index is 0.117. The van der Waals surface area contributed by atoms with Crippen molar-refractivity contribution < 1.29 is 35.5 Å². The average molecular weight is 425 g/mol. The van der Waals surface area contributed by atoms with Crippen LogP contribution in [0.5, 0.6) is 0 Å². The van der Waals surface area contributed by atoms with Crippen molar-refractivity contribution >= 4 is 17.7 Å². The molecule has 0 aliphatic heterocycles. The molecule has 0 radical (unpaired) electrons. The van der Waals surface area contributed by atoms with Gasteiger partial charge < -0.3 is 5.32 Å². The maximum absolute atomic E-state index is 13.6. The number of carbonyl (C=O) groups is 1. The molecule has 2 aromatic carbocycles. The van der Waals surface area contributed by atoms with Crippen LogP contribution in [0.2, 0.25) is 0 Å². The van der Waals surface area contributed by atoms with Gasteiger partial charge in [0.25, 0.3) is 0 Å². The summed E-state index contributed by atoms with van der Waals surface area (Å²) in [5, 5.41) is 2.08. The molecule has 2 aromatic rings. The Morgan fingerprint density at radius 1 is 0.893 bits per heavy atom. The van der Waals surface area contributed by atoms with Crippen LogP contribution in [-0.4, -0.2) is 11.7 Å². The summed E-state index contributed by atoms with van der Waals surface area (Å²) in [7, 11) is 0. The van der Waals surface area contributed by atoms with E-state index in [1.807, 2.05) is 0 Å². The lowest BCUT2D eigenvalue weighted by molar-refractivity contribution is -0.128. The molecule has 0 aliphatic carbocycles. The minimum atomic E-state index is -2.30. The second-order valence-corrected chi connectivity index (χ2v) is 7.44. The van der Waals surface area contributed by atoms with Crippen molar-refractivity contribution in [1.29, 1.82) is 0 Å². The molecule has 152 valence electrons. The monoisotopic (exact) mass is 425 g/mol. The van der Waals surface area contributed by atoms with Crippen molar-refractivity contribution in [2.75, 3.05) is 5.75 Å². The van der Waals surface area contributed by atoms with Crippen molar-refractivity contribution in [1.82, 2.24) is 5.32 Å². The van der Waals surface area contributed by atoms with Crippen molar-refractivity contribution in [3.05, 3.63) is 64.5 Å². The topological polar surface area (TPSA) is 29.1 Å². The molecule has 0 aliphatic rings. The molecule has 1 amide bonds. The maximum Gasteiger partial charge on any atom is 0.226 e. The van der Waals surface area contributed by atoms with Gasteiger partial charge in [0.2, 0.25) is 11.7 Å². The summed E-state index contributed by atoms with van der Waals surface area (Å²) in [5.74, 6) is -13.2. The van der Waals surface area contributed by atoms with E-state index >= 15 is 0 Å². The third kappa shape index (κ3) is 4.43. The molecule has 0 saturated heterocycles. The summed E-state index contributed by atoms with van der Waals surface area (Å²) in [6, 6.07) is 3.26. The van der Waals surface area contributed by atoms with E-state index in [1.54, 1.807) is 0 Å². The first-order valence-corrected chi connectivity index (χ1v) is 8.81. The molecular weight excluding hydrogens is 411 g/mol. The first-order valence-electron chi connectivity index (χ1n) is 7.82. The fraction of sp³-hybridized carbons (Fsp3) is 0.278. The zero-order valence-corrected chi connectivity index (χ0v) is 15.4. The molecule has 0 atom stereocenters. The predicted octanol–water partition coefficient (Wildman–Crippen LogP) is 5.10. The van der Waals surface area contributed by atoms with Crippen LogP contribution >= 0.6 is 11.8 Å². The predicted molar refractivity (Wildman–Crippen MR) is 88.9 cm³/mol. The van der Waals surface area contributed by atoms with Gasteiger partial charge in [-0.15, -0.1) is 11.8 Å². The smallest absolute Gasteiger partial charge is 0.226 e. The van der Waals surface area contributed by atoms with E-state index in [1.165, 1.54) is 19.9 Å². The number of rotatable bonds is 6. The first-order chi connectivity index (χ1) is 13.0. The summed E-state index contributed by atoms with van der Waals surface area (Å²) in [4.78, 5) is 12.0. The Kier molecular flexibility index (Phi) is 6.63. The van der Waals surface area contributed by atoms with Gasteiger partial charge in [-0.1, -0.05) is 19.9 Å². The van der Waals surface area contributed by atoms with E-state index in [2.05, 4.69) is 5.32 Å². The number of hydrogen-bond acceptors (Lipinski definition) is 2. The highest BCUT2D eigenvalue weighted by Gasteiger charge is 2.30. The van der Waals surface area contributed by atoms with E-state index in [0.717, 1.165) is 12.1 Å². The van der Waals surface area contributed by atoms with Crippen molar-refractivity contribution in [3.8, 4) is 0 Å². The van der Waals surface area contributed by atoms with Crippen LogP contribution in [0.1, 0.15) is 19.4 Å². The molecule has 0 spiro atoms. The van der Waals surface area contributed by atoms with Gasteiger partial charge in [-0.2, -0.15) is 0 Å². The van der Waals surface area contributed by atoms with Crippen LogP contribution < -0.4 is 5.32 Å². The Morgan fingerprint density at radius 2 is 1.36 bits per heavy atom. The zero-order valence-electron chi connectivity index (χ0n) is 14.6. The fourth-order valence-corrected chi connectivity index (χ4v) is 3.20. The lowest BCUT2D eigenvalue weighted by Crippen LogP contribution is -2.38. The van der Waals surface area contributed by atoms with Crippen molar-refractivity contribution in [3.63, 3.8) is 0 Å². The molecule has 0 bridgehead atoms. The van der Waals surface area contributed by atoms with E-state index in [4.69, 9.17) is 0 Å². The summed E-state index contributed by atoms with van der Waals surface area (Å²) in [5.41, 5.74) is -2.46. The Morgan fingerprint density at radius 3 is 1.86 bits per heavy atom. The maximum atomic E-state index is 13.6. The Labute approximate surface area is 160 Å². The van der Waals surface area contributed by atoms with E-state index in [0.29, 0.717) is 11.8 Å². The van der Waals surface area contributed by atoms with Crippen LogP contribution in [0.3, 0.4) is 0 Å². The highest BCUT2D eigenvalue weighted by molar-refractivity contribution is 7.99. The van der Waals surface area contributed by atoms with E-state index in [9.17, 15) is 35.5 Å². The summed E-state index contributed by atoms with van der Waals surface area (Å²) >= 11 is 0.715. The Hall–Kier alpha value is -2.23. The van der Waals surface area contributed by atoms with Crippen LogP contribution in [-0.2, 0) is 11.3 Å². The average Bonchev–Trinajstić information content (AvgIpc) is 2.64. The summed E-state index contributed by atoms with van der Waals surface area (Å²) < 4.78 is 94.0. The highest BCUT2D eigenvalue weighted by atomic mass is 32.2. The van der Waals surface area contributed by atoms with E-state index < -0.39 is 64.2 Å². The quantitative estimate of drug-likeness (QED) is 0.302. The summed E-state index contributed by atoms with van der Waals surface area (Å²) in [6.07, 6.45) is 0. The number of benzene rings is 2. The highest BCUT2D eigenvalue weighted by Crippen LogP contribution is 2.31. The number of halogens is 7. The fourth-order valence-electron chi connectivity index (χ4n) is 2.15. The van der Waals surface area contributed by atoms with Gasteiger partial charge in [0.1, 0.15) is 11.6 Å². The number of carbonyl (C=O) groups excluding carboxylic acids is 1. The molecule has 2 rings (SSSR count). The number of nitrogens with one attached hydrogen (secondary N) is 1. The molecule has 0 saturated carbocycles. The second-order valence-electron chi connectivity index (χ2n) is 6.45. The van der Waals surface area contributed by atoms with Gasteiger partial charge in [0, 0.05) is 17.9 Å². The third-order valence-electron chi connectivity index (χ3n) is 3.84. The molecule has 0 unspecified atom stereocenters. The van der Waals surface area contributed by atoms with Crippen molar-refractivity contribution in [2.24, 2.45) is 5.41 Å². The van der Waals surface area contributed by atoms with Gasteiger partial charge in [-0.05, 0) is 12.1 Å². The SMILES string of the molecule is CC(C)(CSc1c(F)cccc1F)C(=O)NCc1c(F)c(F)c(F)c(F)c1F. The van der Waals surface area contributed by atoms with Crippen LogP contribution in [0.15, 0.2) is 23.1 Å². The summed E-state index contributed by atoms with van der Waals surface area (Å²) in [6.45, 7) is 1.84. The number of thioether (sulfide) groups is 1. The van der Waals surface area contributed by atoms with Gasteiger partial charge in [0.15, 0.2) is 23.3 Å². The minimum Gasteiger partial charge on any atom is -0.351 e. The molecule has 0 fully saturated rings. The lowest BCUT2D eigenvalue weighted by Gasteiger charge is -2.23. The standard InChI is InChI=1S/C18H14F7NOS/c1-18(2,7-28-16-9(19)4-3-5-10(16)20)17(27)26-6-8-11(21)13(23)15(25)14(24)12(8)22/h3-5H,6-7H2,1-2H3,(H,26,27). The van der Waals surface area contributed by atoms with E-state index in [-0.39, 0.29) is 10.6 Å². The van der Waals surface area contributed by atoms with Crippen LogP contribution in [0.4, 0.5) is 30.7 Å². The third-order valence-corrected chi connectivity index (χ3v) is 5.38. The van der Waals surface area contributed by atoms with Gasteiger partial charge >= 0.3 is 0 Å². The molecule has 0 aromatic heterocycles. The number of hydrogen-bond donors (Lipinski definition) is 1. The lowest BCUT2D eigenvalue weighted by atomic mass is 9.95. The molecular formula is C18H14F7NOS.